The number of aryl methyl sites for hydroxylation is 2. The fourth-order valence-corrected chi connectivity index (χ4v) is 3.16. The zero-order valence-electron chi connectivity index (χ0n) is 13.6. The van der Waals surface area contributed by atoms with E-state index in [0.29, 0.717) is 18.1 Å². The van der Waals surface area contributed by atoms with Crippen molar-refractivity contribution >= 4 is 11.8 Å². The van der Waals surface area contributed by atoms with E-state index in [1.54, 1.807) is 23.9 Å². The molecule has 0 N–H and O–H groups in total. The second-order valence-corrected chi connectivity index (χ2v) is 6.42. The zero-order chi connectivity index (χ0) is 16.9. The Morgan fingerprint density at radius 3 is 2.71 bits per heavy atom. The van der Waals surface area contributed by atoms with E-state index < -0.39 is 0 Å². The smallest absolute Gasteiger partial charge is 0.195 e. The molecule has 2 aromatic carbocycles. The number of benzene rings is 2. The number of aromatic nitrogens is 3. The molecule has 0 aliphatic rings. The van der Waals surface area contributed by atoms with E-state index in [1.165, 1.54) is 17.7 Å². The summed E-state index contributed by atoms with van der Waals surface area (Å²) in [6, 6.07) is 14.4. The van der Waals surface area contributed by atoms with Gasteiger partial charge in [0, 0.05) is 17.5 Å². The Balaban J connectivity index is 1.64. The highest BCUT2D eigenvalue weighted by Crippen LogP contribution is 2.22. The molecule has 1 aromatic heterocycles. The minimum atomic E-state index is -0.296. The van der Waals surface area contributed by atoms with Crippen LogP contribution in [0, 0.1) is 19.7 Å². The first-order valence-corrected chi connectivity index (χ1v) is 8.62. The van der Waals surface area contributed by atoms with Crippen LogP contribution >= 0.6 is 11.8 Å². The van der Waals surface area contributed by atoms with E-state index in [-0.39, 0.29) is 5.82 Å². The summed E-state index contributed by atoms with van der Waals surface area (Å²) in [6.07, 6.45) is 0. The maximum absolute atomic E-state index is 13.1. The third-order valence-electron chi connectivity index (χ3n) is 3.43. The third kappa shape index (κ3) is 3.94. The largest absolute Gasteiger partial charge is 0.493 e. The first-order valence-electron chi connectivity index (χ1n) is 7.64. The molecular formula is C18H18FN3OS. The first-order chi connectivity index (χ1) is 11.6. The average molecular weight is 343 g/mol. The van der Waals surface area contributed by atoms with E-state index in [9.17, 15) is 4.39 Å². The highest BCUT2D eigenvalue weighted by atomic mass is 32.2. The molecule has 124 valence electrons. The SMILES string of the molecule is Cc1cccc(-n2c(C)nnc2SCCOc2cccc(F)c2)c1. The van der Waals surface area contributed by atoms with Crippen LogP contribution in [0.15, 0.2) is 53.7 Å². The maximum Gasteiger partial charge on any atom is 0.195 e. The summed E-state index contributed by atoms with van der Waals surface area (Å²) >= 11 is 1.56. The van der Waals surface area contributed by atoms with Gasteiger partial charge in [0.2, 0.25) is 0 Å². The molecule has 0 unspecified atom stereocenters. The molecule has 6 heteroatoms. The summed E-state index contributed by atoms with van der Waals surface area (Å²) in [7, 11) is 0. The molecule has 0 radical (unpaired) electrons. The molecule has 0 aliphatic heterocycles. The summed E-state index contributed by atoms with van der Waals surface area (Å²) < 4.78 is 20.7. The fraction of sp³-hybridized carbons (Fsp3) is 0.222. The minimum Gasteiger partial charge on any atom is -0.493 e. The zero-order valence-corrected chi connectivity index (χ0v) is 14.4. The van der Waals surface area contributed by atoms with E-state index in [2.05, 4.69) is 29.3 Å². The van der Waals surface area contributed by atoms with Crippen molar-refractivity contribution in [3.63, 3.8) is 0 Å². The van der Waals surface area contributed by atoms with E-state index in [4.69, 9.17) is 4.74 Å². The molecule has 3 rings (SSSR count). The standard InChI is InChI=1S/C18H18FN3OS/c1-13-5-3-7-16(11-13)22-14(2)20-21-18(22)24-10-9-23-17-8-4-6-15(19)12-17/h3-8,11-12H,9-10H2,1-2H3. The van der Waals surface area contributed by atoms with Gasteiger partial charge in [-0.3, -0.25) is 4.57 Å². The van der Waals surface area contributed by atoms with Crippen molar-refractivity contribution in [2.24, 2.45) is 0 Å². The monoisotopic (exact) mass is 343 g/mol. The summed E-state index contributed by atoms with van der Waals surface area (Å²) in [6.45, 7) is 4.46. The van der Waals surface area contributed by atoms with Crippen molar-refractivity contribution in [2.45, 2.75) is 19.0 Å². The normalized spacial score (nSPS) is 10.8. The summed E-state index contributed by atoms with van der Waals surface area (Å²) in [5.41, 5.74) is 2.23. The van der Waals surface area contributed by atoms with E-state index >= 15 is 0 Å². The molecule has 24 heavy (non-hydrogen) atoms. The van der Waals surface area contributed by atoms with Crippen molar-refractivity contribution in [3.8, 4) is 11.4 Å². The molecule has 0 amide bonds. The molecule has 3 aromatic rings. The number of ether oxygens (including phenoxy) is 1. The Morgan fingerprint density at radius 2 is 1.92 bits per heavy atom. The van der Waals surface area contributed by atoms with Crippen LogP contribution in [0.2, 0.25) is 0 Å². The van der Waals surface area contributed by atoms with Gasteiger partial charge in [0.05, 0.1) is 6.61 Å². The molecule has 0 bridgehead atoms. The highest BCUT2D eigenvalue weighted by molar-refractivity contribution is 7.99. The Morgan fingerprint density at radius 1 is 1.08 bits per heavy atom. The number of hydrogen-bond acceptors (Lipinski definition) is 4. The van der Waals surface area contributed by atoms with Crippen LogP contribution in [0.5, 0.6) is 5.75 Å². The summed E-state index contributed by atoms with van der Waals surface area (Å²) in [4.78, 5) is 0. The molecular weight excluding hydrogens is 325 g/mol. The summed E-state index contributed by atoms with van der Waals surface area (Å²) in [5.74, 6) is 1.77. The minimum absolute atomic E-state index is 0.296. The molecule has 1 heterocycles. The number of rotatable bonds is 6. The lowest BCUT2D eigenvalue weighted by atomic mass is 10.2. The van der Waals surface area contributed by atoms with Crippen LogP contribution in [0.25, 0.3) is 5.69 Å². The van der Waals surface area contributed by atoms with Gasteiger partial charge < -0.3 is 4.74 Å². The molecule has 0 saturated heterocycles. The average Bonchev–Trinajstić information content (AvgIpc) is 2.92. The predicted octanol–water partition coefficient (Wildman–Crippen LogP) is 4.19. The molecule has 0 atom stereocenters. The van der Waals surface area contributed by atoms with Crippen molar-refractivity contribution in [3.05, 3.63) is 65.7 Å². The van der Waals surface area contributed by atoms with Gasteiger partial charge in [0.25, 0.3) is 0 Å². The van der Waals surface area contributed by atoms with E-state index in [0.717, 1.165) is 16.7 Å². The number of thioether (sulfide) groups is 1. The second kappa shape index (κ2) is 7.49. The lowest BCUT2D eigenvalue weighted by molar-refractivity contribution is 0.342. The fourth-order valence-electron chi connectivity index (χ4n) is 2.35. The van der Waals surface area contributed by atoms with Crippen LogP contribution < -0.4 is 4.74 Å². The van der Waals surface area contributed by atoms with Gasteiger partial charge in [0.15, 0.2) is 5.16 Å². The first kappa shape index (κ1) is 16.5. The third-order valence-corrected chi connectivity index (χ3v) is 4.33. The van der Waals surface area contributed by atoms with E-state index in [1.807, 2.05) is 23.6 Å². The molecule has 0 saturated carbocycles. The Kier molecular flexibility index (Phi) is 5.15. The van der Waals surface area contributed by atoms with Crippen LogP contribution in [-0.4, -0.2) is 27.1 Å². The molecule has 0 fully saturated rings. The lowest BCUT2D eigenvalue weighted by Gasteiger charge is -2.09. The Bertz CT molecular complexity index is 835. The van der Waals surface area contributed by atoms with Crippen LogP contribution in [-0.2, 0) is 0 Å². The predicted molar refractivity (Wildman–Crippen MR) is 93.5 cm³/mol. The Labute approximate surface area is 144 Å². The maximum atomic E-state index is 13.1. The second-order valence-electron chi connectivity index (χ2n) is 5.36. The number of nitrogens with zero attached hydrogens (tertiary/aromatic N) is 3. The quantitative estimate of drug-likeness (QED) is 0.497. The number of halogens is 1. The van der Waals surface area contributed by atoms with Crippen molar-refractivity contribution < 1.29 is 9.13 Å². The van der Waals surface area contributed by atoms with Gasteiger partial charge in [-0.1, -0.05) is 30.0 Å². The van der Waals surface area contributed by atoms with Crippen molar-refractivity contribution in [2.75, 3.05) is 12.4 Å². The molecule has 0 aliphatic carbocycles. The van der Waals surface area contributed by atoms with Gasteiger partial charge in [-0.25, -0.2) is 4.39 Å². The molecule has 4 nitrogen and oxygen atoms in total. The van der Waals surface area contributed by atoms with Gasteiger partial charge >= 0.3 is 0 Å². The number of hydrogen-bond donors (Lipinski definition) is 0. The van der Waals surface area contributed by atoms with Gasteiger partial charge in [-0.2, -0.15) is 0 Å². The van der Waals surface area contributed by atoms with Crippen LogP contribution in [0.3, 0.4) is 0 Å². The van der Waals surface area contributed by atoms with Gasteiger partial charge in [-0.05, 0) is 43.7 Å². The Hall–Kier alpha value is -2.34. The van der Waals surface area contributed by atoms with Crippen LogP contribution in [0.1, 0.15) is 11.4 Å². The van der Waals surface area contributed by atoms with Gasteiger partial charge in [0.1, 0.15) is 17.4 Å². The van der Waals surface area contributed by atoms with Gasteiger partial charge in [-0.15, -0.1) is 10.2 Å². The highest BCUT2D eigenvalue weighted by Gasteiger charge is 2.11. The lowest BCUT2D eigenvalue weighted by Crippen LogP contribution is -2.03. The van der Waals surface area contributed by atoms with Crippen LogP contribution in [0.4, 0.5) is 4.39 Å². The van der Waals surface area contributed by atoms with Crippen molar-refractivity contribution in [1.29, 1.82) is 0 Å². The van der Waals surface area contributed by atoms with Crippen molar-refractivity contribution in [1.82, 2.24) is 14.8 Å². The summed E-state index contributed by atoms with van der Waals surface area (Å²) in [5, 5.41) is 9.23. The topological polar surface area (TPSA) is 39.9 Å². The molecule has 0 spiro atoms.